The molecule has 0 aliphatic rings. The van der Waals surface area contributed by atoms with Gasteiger partial charge in [-0.25, -0.2) is 0 Å². The van der Waals surface area contributed by atoms with E-state index in [-0.39, 0.29) is 0 Å². The van der Waals surface area contributed by atoms with Crippen LogP contribution >= 0.6 is 11.6 Å². The average Bonchev–Trinajstić information content (AvgIpc) is 2.07. The first-order valence-corrected chi connectivity index (χ1v) is 3.48. The molecule has 0 spiro atoms. The Bertz CT molecular complexity index is 330. The monoisotopic (exact) mass is 160 g/mol. The summed E-state index contributed by atoms with van der Waals surface area (Å²) in [7, 11) is 0. The van der Waals surface area contributed by atoms with Crippen LogP contribution in [0.2, 0.25) is 0 Å². The maximum atomic E-state index is 5.10. The van der Waals surface area contributed by atoms with Crippen molar-refractivity contribution >= 4 is 11.6 Å². The predicted octanol–water partition coefficient (Wildman–Crippen LogP) is 2.24. The Morgan fingerprint density at radius 1 is 1.00 bits per heavy atom. The van der Waals surface area contributed by atoms with Crippen molar-refractivity contribution in [2.45, 2.75) is 0 Å². The zero-order valence-corrected chi connectivity index (χ0v) is 6.52. The molecule has 52 valence electrons. The number of hydrogen-bond donors (Lipinski definition) is 0. The number of hydrogen-bond acceptors (Lipinski definition) is 0. The summed E-state index contributed by atoms with van der Waals surface area (Å²) in [4.78, 5) is 0. The summed E-state index contributed by atoms with van der Waals surface area (Å²) in [5, 5.41) is 2.19. The van der Waals surface area contributed by atoms with Crippen LogP contribution in [0, 0.1) is 23.1 Å². The van der Waals surface area contributed by atoms with Crippen LogP contribution in [0.1, 0.15) is 5.56 Å². The Hall–Kier alpha value is -1.37. The van der Waals surface area contributed by atoms with Crippen LogP contribution in [0.15, 0.2) is 30.3 Å². The molecule has 1 rings (SSSR count). The molecule has 1 aromatic rings. The lowest BCUT2D eigenvalue weighted by Crippen LogP contribution is -1.68. The van der Waals surface area contributed by atoms with Crippen LogP contribution in [0.25, 0.3) is 0 Å². The third-order valence-corrected chi connectivity index (χ3v) is 1.18. The molecule has 0 aliphatic carbocycles. The Balaban J connectivity index is 2.80. The van der Waals surface area contributed by atoms with Crippen molar-refractivity contribution in [2.75, 3.05) is 0 Å². The molecule has 0 unspecified atom stereocenters. The van der Waals surface area contributed by atoms with Crippen LogP contribution in [0.5, 0.6) is 0 Å². The Morgan fingerprint density at radius 2 is 1.73 bits per heavy atom. The zero-order chi connectivity index (χ0) is 7.94. The van der Waals surface area contributed by atoms with Crippen LogP contribution in [0.4, 0.5) is 0 Å². The van der Waals surface area contributed by atoms with Gasteiger partial charge in [-0.15, -0.1) is 0 Å². The van der Waals surface area contributed by atoms with Crippen molar-refractivity contribution in [3.05, 3.63) is 35.9 Å². The van der Waals surface area contributed by atoms with E-state index in [1.165, 1.54) is 0 Å². The maximum Gasteiger partial charge on any atom is 0.0255 e. The lowest BCUT2D eigenvalue weighted by Gasteiger charge is -1.83. The molecule has 1 aromatic carbocycles. The Labute approximate surface area is 71.2 Å². The summed E-state index contributed by atoms with van der Waals surface area (Å²) < 4.78 is 0. The van der Waals surface area contributed by atoms with Crippen LogP contribution in [-0.2, 0) is 0 Å². The molecular formula is C10H5Cl. The predicted molar refractivity (Wildman–Crippen MR) is 46.9 cm³/mol. The Morgan fingerprint density at radius 3 is 2.36 bits per heavy atom. The summed E-state index contributed by atoms with van der Waals surface area (Å²) in [6.07, 6.45) is 0. The highest BCUT2D eigenvalue weighted by atomic mass is 35.5. The van der Waals surface area contributed by atoms with Crippen molar-refractivity contribution in [1.29, 1.82) is 0 Å². The lowest BCUT2D eigenvalue weighted by molar-refractivity contribution is 1.65. The van der Waals surface area contributed by atoms with E-state index in [9.17, 15) is 0 Å². The van der Waals surface area contributed by atoms with Crippen molar-refractivity contribution in [2.24, 2.45) is 0 Å². The van der Waals surface area contributed by atoms with Gasteiger partial charge in [0.15, 0.2) is 0 Å². The first-order chi connectivity index (χ1) is 5.43. The first kappa shape index (κ1) is 7.73. The molecule has 0 radical (unpaired) electrons. The largest absolute Gasteiger partial charge is 0.0622 e. The van der Waals surface area contributed by atoms with Crippen molar-refractivity contribution < 1.29 is 0 Å². The molecule has 0 N–H and O–H groups in total. The normalized spacial score (nSPS) is 7.00. The second-order valence-electron chi connectivity index (χ2n) is 1.84. The van der Waals surface area contributed by atoms with Gasteiger partial charge < -0.3 is 0 Å². The standard InChI is InChI=1S/C10H5Cl/c11-9-5-4-8-10-6-2-1-3-7-10/h1-3,6-7H. The topological polar surface area (TPSA) is 0 Å². The van der Waals surface area contributed by atoms with E-state index in [2.05, 4.69) is 23.1 Å². The molecular weight excluding hydrogens is 156 g/mol. The third-order valence-electron chi connectivity index (χ3n) is 1.09. The fraction of sp³-hybridized carbons (Fsp3) is 0. The minimum atomic E-state index is 0.951. The van der Waals surface area contributed by atoms with Gasteiger partial charge in [-0.2, -0.15) is 0 Å². The summed E-state index contributed by atoms with van der Waals surface area (Å²) in [5.74, 6) is 7.90. The van der Waals surface area contributed by atoms with Gasteiger partial charge in [0.1, 0.15) is 0 Å². The molecule has 0 fully saturated rings. The smallest absolute Gasteiger partial charge is 0.0255 e. The van der Waals surface area contributed by atoms with Crippen molar-refractivity contribution in [1.82, 2.24) is 0 Å². The zero-order valence-electron chi connectivity index (χ0n) is 5.76. The fourth-order valence-electron chi connectivity index (χ4n) is 0.649. The highest BCUT2D eigenvalue weighted by Gasteiger charge is 1.78. The molecule has 0 nitrogen and oxygen atoms in total. The SMILES string of the molecule is ClC#CC#Cc1ccccc1. The molecule has 0 saturated carbocycles. The summed E-state index contributed by atoms with van der Waals surface area (Å²) in [6, 6.07) is 9.64. The van der Waals surface area contributed by atoms with Gasteiger partial charge in [-0.1, -0.05) is 24.1 Å². The molecule has 0 saturated heterocycles. The summed E-state index contributed by atoms with van der Waals surface area (Å²) >= 11 is 5.10. The van der Waals surface area contributed by atoms with Gasteiger partial charge in [-0.05, 0) is 29.7 Å². The molecule has 0 heterocycles. The van der Waals surface area contributed by atoms with Crippen LogP contribution in [0.3, 0.4) is 0 Å². The van der Waals surface area contributed by atoms with E-state index in [1.807, 2.05) is 30.3 Å². The lowest BCUT2D eigenvalue weighted by atomic mass is 10.2. The van der Waals surface area contributed by atoms with Crippen molar-refractivity contribution in [3.63, 3.8) is 0 Å². The fourth-order valence-corrected chi connectivity index (χ4v) is 0.696. The number of halogens is 1. The van der Waals surface area contributed by atoms with Gasteiger partial charge in [0, 0.05) is 16.9 Å². The molecule has 11 heavy (non-hydrogen) atoms. The molecule has 0 aliphatic heterocycles. The van der Waals surface area contributed by atoms with E-state index < -0.39 is 0 Å². The molecule has 0 aromatic heterocycles. The van der Waals surface area contributed by atoms with Crippen molar-refractivity contribution in [3.8, 4) is 23.1 Å². The van der Waals surface area contributed by atoms with E-state index in [0.29, 0.717) is 0 Å². The van der Waals surface area contributed by atoms with Crippen LogP contribution in [-0.4, -0.2) is 0 Å². The minimum Gasteiger partial charge on any atom is -0.0622 e. The number of benzene rings is 1. The highest BCUT2D eigenvalue weighted by molar-refractivity contribution is 6.30. The number of rotatable bonds is 0. The van der Waals surface area contributed by atoms with Gasteiger partial charge in [0.2, 0.25) is 0 Å². The molecule has 0 atom stereocenters. The van der Waals surface area contributed by atoms with E-state index in [4.69, 9.17) is 11.6 Å². The molecule has 0 bridgehead atoms. The summed E-state index contributed by atoms with van der Waals surface area (Å²) in [5.41, 5.74) is 0.951. The third kappa shape index (κ3) is 2.80. The summed E-state index contributed by atoms with van der Waals surface area (Å²) in [6.45, 7) is 0. The van der Waals surface area contributed by atoms with Crippen LogP contribution < -0.4 is 0 Å². The second kappa shape index (κ2) is 4.45. The molecule has 1 heteroatoms. The second-order valence-corrected chi connectivity index (χ2v) is 2.02. The maximum absolute atomic E-state index is 5.10. The van der Waals surface area contributed by atoms with Gasteiger partial charge >= 0.3 is 0 Å². The van der Waals surface area contributed by atoms with E-state index in [0.717, 1.165) is 5.56 Å². The average molecular weight is 161 g/mol. The first-order valence-electron chi connectivity index (χ1n) is 3.10. The molecule has 0 amide bonds. The Kier molecular flexibility index (Phi) is 3.13. The highest BCUT2D eigenvalue weighted by Crippen LogP contribution is 1.93. The van der Waals surface area contributed by atoms with Gasteiger partial charge in [0.25, 0.3) is 0 Å². The quantitative estimate of drug-likeness (QED) is 0.511. The van der Waals surface area contributed by atoms with E-state index >= 15 is 0 Å². The van der Waals surface area contributed by atoms with Gasteiger partial charge in [0.05, 0.1) is 0 Å². The van der Waals surface area contributed by atoms with E-state index in [1.54, 1.807) is 0 Å². The minimum absolute atomic E-state index is 0.951. The van der Waals surface area contributed by atoms with Gasteiger partial charge in [-0.3, -0.25) is 0 Å².